The minimum absolute atomic E-state index is 0.427. The molecule has 0 amide bonds. The Morgan fingerprint density at radius 1 is 0.700 bits per heavy atom. The molecule has 5 aliphatic carbocycles. The van der Waals surface area contributed by atoms with Gasteiger partial charge < -0.3 is 0 Å². The molecule has 0 nitrogen and oxygen atoms in total. The largest absolute Gasteiger partial charge is 0.0625 e. The van der Waals surface area contributed by atoms with Gasteiger partial charge in [-0.15, -0.1) is 0 Å². The van der Waals surface area contributed by atoms with Crippen LogP contribution < -0.4 is 0 Å². The summed E-state index contributed by atoms with van der Waals surface area (Å²) in [7, 11) is 0. The molecule has 14 atom stereocenters. The van der Waals surface area contributed by atoms with Crippen molar-refractivity contribution in [1.29, 1.82) is 0 Å². The molecular formula is C40H72. The molecule has 5 saturated carbocycles. The van der Waals surface area contributed by atoms with E-state index in [-0.39, 0.29) is 0 Å². The molecule has 0 heterocycles. The SMILES string of the molecule is CC(C)C1CCC(CC2C3CCCC(C)C3C(C)C3C(C)C4(C)C(C)C(C(C)C)C(C)CC4(C)C(C)C23C)CC1. The Bertz CT molecular complexity index is 876. The zero-order valence-corrected chi connectivity index (χ0v) is 29.5. The van der Waals surface area contributed by atoms with E-state index in [2.05, 4.69) is 90.0 Å². The molecule has 0 N–H and O–H groups in total. The second kappa shape index (κ2) is 10.9. The van der Waals surface area contributed by atoms with Gasteiger partial charge in [0.15, 0.2) is 0 Å². The fourth-order valence-corrected chi connectivity index (χ4v) is 15.2. The van der Waals surface area contributed by atoms with Crippen LogP contribution in [0.4, 0.5) is 0 Å². The van der Waals surface area contributed by atoms with Gasteiger partial charge in [0.2, 0.25) is 0 Å². The van der Waals surface area contributed by atoms with Crippen molar-refractivity contribution < 1.29 is 0 Å². The number of hydrogen-bond acceptors (Lipinski definition) is 0. The fraction of sp³-hybridized carbons (Fsp3) is 1.00. The van der Waals surface area contributed by atoms with Crippen molar-refractivity contribution >= 4 is 0 Å². The van der Waals surface area contributed by atoms with Gasteiger partial charge in [-0.1, -0.05) is 116 Å². The Kier molecular flexibility index (Phi) is 8.53. The van der Waals surface area contributed by atoms with Crippen LogP contribution >= 0.6 is 0 Å². The van der Waals surface area contributed by atoms with E-state index >= 15 is 0 Å². The van der Waals surface area contributed by atoms with Gasteiger partial charge >= 0.3 is 0 Å². The average molecular weight is 553 g/mol. The highest BCUT2D eigenvalue weighted by Gasteiger charge is 2.73. The van der Waals surface area contributed by atoms with Crippen LogP contribution in [-0.2, 0) is 0 Å². The second-order valence-electron chi connectivity index (χ2n) is 18.8. The highest BCUT2D eigenvalue weighted by Crippen LogP contribution is 2.78. The fourth-order valence-electron chi connectivity index (χ4n) is 15.2. The predicted molar refractivity (Wildman–Crippen MR) is 175 cm³/mol. The lowest BCUT2D eigenvalue weighted by Crippen LogP contribution is -2.72. The minimum Gasteiger partial charge on any atom is -0.0625 e. The van der Waals surface area contributed by atoms with E-state index in [0.29, 0.717) is 16.2 Å². The Labute approximate surface area is 252 Å². The van der Waals surface area contributed by atoms with E-state index in [0.717, 1.165) is 88.8 Å². The molecule has 5 rings (SSSR count). The smallest absolute Gasteiger partial charge is 0.0212 e. The molecule has 0 aromatic heterocycles. The standard InChI is InChI=1S/C40H72/c1-23(2)32-19-17-31(18-20-32)21-34-33-16-14-15-25(5)36(33)27(7)37-29(9)40(13)28(8)35(24(3)4)26(6)22-38(40,11)30(10)39(34,37)12/h23-37H,14-22H2,1-13H3. The van der Waals surface area contributed by atoms with Gasteiger partial charge in [0.25, 0.3) is 0 Å². The first-order valence-corrected chi connectivity index (χ1v) is 18.6. The van der Waals surface area contributed by atoms with E-state index in [4.69, 9.17) is 0 Å². The average Bonchev–Trinajstić information content (AvgIpc) is 2.88. The molecule has 5 fully saturated rings. The molecule has 0 aromatic rings. The van der Waals surface area contributed by atoms with E-state index in [9.17, 15) is 0 Å². The van der Waals surface area contributed by atoms with Crippen molar-refractivity contribution in [2.45, 2.75) is 148 Å². The molecule has 0 bridgehead atoms. The molecule has 0 aromatic carbocycles. The summed E-state index contributed by atoms with van der Waals surface area (Å²) >= 11 is 0. The first-order chi connectivity index (χ1) is 18.6. The molecule has 0 heteroatoms. The summed E-state index contributed by atoms with van der Waals surface area (Å²) in [6.07, 6.45) is 13.6. The van der Waals surface area contributed by atoms with E-state index < -0.39 is 0 Å². The Hall–Kier alpha value is 0. The maximum Gasteiger partial charge on any atom is -0.0212 e. The van der Waals surface area contributed by atoms with Crippen LogP contribution in [0, 0.1) is 105 Å². The van der Waals surface area contributed by atoms with Crippen molar-refractivity contribution in [2.75, 3.05) is 0 Å². The number of hydrogen-bond donors (Lipinski definition) is 0. The second-order valence-corrected chi connectivity index (χ2v) is 18.8. The van der Waals surface area contributed by atoms with Crippen molar-refractivity contribution in [3.05, 3.63) is 0 Å². The van der Waals surface area contributed by atoms with Gasteiger partial charge in [0, 0.05) is 0 Å². The summed E-state index contributed by atoms with van der Waals surface area (Å²) in [6.45, 7) is 35.0. The van der Waals surface area contributed by atoms with Crippen molar-refractivity contribution in [3.63, 3.8) is 0 Å². The molecule has 14 unspecified atom stereocenters. The normalized spacial score (nSPS) is 56.9. The predicted octanol–water partition coefficient (Wildman–Crippen LogP) is 12.0. The lowest BCUT2D eigenvalue weighted by molar-refractivity contribution is -0.294. The Balaban J connectivity index is 1.58. The molecule has 0 radical (unpaired) electrons. The highest BCUT2D eigenvalue weighted by molar-refractivity contribution is 5.20. The first-order valence-electron chi connectivity index (χ1n) is 18.6. The first kappa shape index (κ1) is 31.4. The minimum atomic E-state index is 0.427. The Morgan fingerprint density at radius 3 is 1.90 bits per heavy atom. The van der Waals surface area contributed by atoms with Gasteiger partial charge in [0.1, 0.15) is 0 Å². The zero-order valence-electron chi connectivity index (χ0n) is 29.5. The van der Waals surface area contributed by atoms with Crippen LogP contribution in [0.3, 0.4) is 0 Å². The third-order valence-electron chi connectivity index (χ3n) is 17.3. The summed E-state index contributed by atoms with van der Waals surface area (Å²) < 4.78 is 0. The van der Waals surface area contributed by atoms with Gasteiger partial charge in [-0.2, -0.15) is 0 Å². The van der Waals surface area contributed by atoms with Crippen LogP contribution in [0.5, 0.6) is 0 Å². The lowest BCUT2D eigenvalue weighted by Gasteiger charge is -2.77. The summed E-state index contributed by atoms with van der Waals surface area (Å²) in [5.74, 6) is 13.3. The van der Waals surface area contributed by atoms with Gasteiger partial charge in [-0.3, -0.25) is 0 Å². The third kappa shape index (κ3) is 4.30. The summed E-state index contributed by atoms with van der Waals surface area (Å²) in [4.78, 5) is 0. The molecular weight excluding hydrogens is 480 g/mol. The molecule has 232 valence electrons. The maximum absolute atomic E-state index is 2.91. The van der Waals surface area contributed by atoms with Crippen LogP contribution in [0.15, 0.2) is 0 Å². The zero-order chi connectivity index (χ0) is 29.5. The number of rotatable bonds is 4. The topological polar surface area (TPSA) is 0 Å². The molecule has 0 saturated heterocycles. The van der Waals surface area contributed by atoms with Crippen LogP contribution in [0.2, 0.25) is 0 Å². The van der Waals surface area contributed by atoms with Gasteiger partial charge in [-0.05, 0) is 137 Å². The van der Waals surface area contributed by atoms with E-state index in [1.807, 2.05) is 0 Å². The van der Waals surface area contributed by atoms with Crippen LogP contribution in [-0.4, -0.2) is 0 Å². The summed E-state index contributed by atoms with van der Waals surface area (Å²) in [6, 6.07) is 0. The Morgan fingerprint density at radius 2 is 1.32 bits per heavy atom. The summed E-state index contributed by atoms with van der Waals surface area (Å²) in [5, 5.41) is 0. The molecule has 40 heavy (non-hydrogen) atoms. The lowest BCUT2D eigenvalue weighted by atomic mass is 9.27. The monoisotopic (exact) mass is 553 g/mol. The van der Waals surface area contributed by atoms with E-state index in [1.165, 1.54) is 51.4 Å². The third-order valence-corrected chi connectivity index (χ3v) is 17.3. The summed E-state index contributed by atoms with van der Waals surface area (Å²) in [5.41, 5.74) is 1.34. The quantitative estimate of drug-likeness (QED) is 0.325. The molecule has 5 aliphatic rings. The van der Waals surface area contributed by atoms with Gasteiger partial charge in [-0.25, -0.2) is 0 Å². The highest BCUT2D eigenvalue weighted by atomic mass is 14.8. The number of fused-ring (bicyclic) bond motifs is 3. The van der Waals surface area contributed by atoms with Crippen molar-refractivity contribution in [3.8, 4) is 0 Å². The van der Waals surface area contributed by atoms with E-state index in [1.54, 1.807) is 6.42 Å². The van der Waals surface area contributed by atoms with Crippen LogP contribution in [0.1, 0.15) is 148 Å². The van der Waals surface area contributed by atoms with Crippen molar-refractivity contribution in [1.82, 2.24) is 0 Å². The maximum atomic E-state index is 2.91. The van der Waals surface area contributed by atoms with Crippen LogP contribution in [0.25, 0.3) is 0 Å². The van der Waals surface area contributed by atoms with Gasteiger partial charge in [0.05, 0.1) is 0 Å². The molecule has 0 spiro atoms. The molecule has 0 aliphatic heterocycles. The van der Waals surface area contributed by atoms with Crippen molar-refractivity contribution in [2.24, 2.45) is 105 Å².